The number of aryl methyl sites for hydroxylation is 5. The second-order valence-corrected chi connectivity index (χ2v) is 20.9. The molecule has 0 heterocycles. The SMILES string of the molecule is Cc1cc(C)c(N(c2ccc(C=C(c3ccccc3)c3ccccc3)cc2)c2ccc(/C=C/c3ccc(/C=C/c4ccc(N(c5ccc(C=C(c6ccccc6)c6ccccc6)cc5)c5c(C)cccc5C)cc4)cc3)cc2)c(C)c1. The molecule has 0 aliphatic carbocycles. The largest absolute Gasteiger partial charge is 0.310 e. The maximum Gasteiger partial charge on any atom is 0.0520 e. The Labute approximate surface area is 480 Å². The van der Waals surface area contributed by atoms with Gasteiger partial charge in [0.2, 0.25) is 0 Å². The Morgan fingerprint density at radius 3 is 0.778 bits per heavy atom. The molecule has 2 heteroatoms. The van der Waals surface area contributed by atoms with Crippen LogP contribution in [0.5, 0.6) is 0 Å². The third kappa shape index (κ3) is 12.6. The summed E-state index contributed by atoms with van der Waals surface area (Å²) in [5, 5.41) is 0. The molecule has 11 aromatic carbocycles. The van der Waals surface area contributed by atoms with E-state index in [0.29, 0.717) is 0 Å². The summed E-state index contributed by atoms with van der Waals surface area (Å²) in [7, 11) is 0. The molecule has 0 amide bonds. The molecule has 0 radical (unpaired) electrons. The number of para-hydroxylation sites is 1. The van der Waals surface area contributed by atoms with Crippen LogP contribution in [0.25, 0.3) is 47.6 Å². The van der Waals surface area contributed by atoms with Crippen molar-refractivity contribution in [1.29, 1.82) is 0 Å². The zero-order chi connectivity index (χ0) is 55.5. The lowest BCUT2D eigenvalue weighted by atomic mass is 9.95. The molecule has 0 saturated heterocycles. The molecule has 392 valence electrons. The van der Waals surface area contributed by atoms with Gasteiger partial charge in [-0.1, -0.05) is 254 Å². The van der Waals surface area contributed by atoms with Crippen molar-refractivity contribution < 1.29 is 0 Å². The van der Waals surface area contributed by atoms with E-state index in [0.717, 1.165) is 56.1 Å². The highest BCUT2D eigenvalue weighted by molar-refractivity contribution is 5.93. The molecule has 0 aromatic heterocycles. The molecule has 0 atom stereocenters. The molecule has 81 heavy (non-hydrogen) atoms. The first-order chi connectivity index (χ1) is 39.7. The van der Waals surface area contributed by atoms with E-state index >= 15 is 0 Å². The van der Waals surface area contributed by atoms with Crippen molar-refractivity contribution in [1.82, 2.24) is 0 Å². The summed E-state index contributed by atoms with van der Waals surface area (Å²) in [5.74, 6) is 0. The quantitative estimate of drug-likeness (QED) is 0.0890. The Morgan fingerprint density at radius 2 is 0.494 bits per heavy atom. The highest BCUT2D eigenvalue weighted by Gasteiger charge is 2.19. The molecule has 0 saturated carbocycles. The Bertz CT molecular complexity index is 3880. The minimum absolute atomic E-state index is 1.11. The fraction of sp³-hybridized carbons (Fsp3) is 0.0633. The van der Waals surface area contributed by atoms with E-state index in [4.69, 9.17) is 0 Å². The average molecular weight is 1040 g/mol. The Kier molecular flexibility index (Phi) is 16.2. The van der Waals surface area contributed by atoms with Gasteiger partial charge >= 0.3 is 0 Å². The Balaban J connectivity index is 0.790. The maximum absolute atomic E-state index is 2.40. The zero-order valence-corrected chi connectivity index (χ0v) is 46.8. The van der Waals surface area contributed by atoms with Gasteiger partial charge in [-0.25, -0.2) is 0 Å². The third-order valence-electron chi connectivity index (χ3n) is 15.0. The summed E-state index contributed by atoms with van der Waals surface area (Å²) in [6.45, 7) is 11.0. The minimum atomic E-state index is 1.11. The first-order valence-corrected chi connectivity index (χ1v) is 28.0. The van der Waals surface area contributed by atoms with Crippen molar-refractivity contribution in [2.75, 3.05) is 9.80 Å². The van der Waals surface area contributed by atoms with E-state index in [1.54, 1.807) is 0 Å². The molecule has 0 N–H and O–H groups in total. The first-order valence-electron chi connectivity index (χ1n) is 28.0. The lowest BCUT2D eigenvalue weighted by Gasteiger charge is -2.29. The van der Waals surface area contributed by atoms with Crippen LogP contribution >= 0.6 is 0 Å². The smallest absolute Gasteiger partial charge is 0.0520 e. The van der Waals surface area contributed by atoms with E-state index in [1.807, 2.05) is 0 Å². The van der Waals surface area contributed by atoms with E-state index < -0.39 is 0 Å². The number of anilines is 6. The average Bonchev–Trinajstić information content (AvgIpc) is 3.67. The van der Waals surface area contributed by atoms with Crippen LogP contribution in [0.3, 0.4) is 0 Å². The van der Waals surface area contributed by atoms with Gasteiger partial charge in [-0.2, -0.15) is 0 Å². The minimum Gasteiger partial charge on any atom is -0.310 e. The summed E-state index contributed by atoms with van der Waals surface area (Å²) in [6, 6.07) is 98.1. The molecule has 0 spiro atoms. The van der Waals surface area contributed by atoms with Crippen molar-refractivity contribution in [3.63, 3.8) is 0 Å². The molecule has 0 fully saturated rings. The number of rotatable bonds is 16. The van der Waals surface area contributed by atoms with Gasteiger partial charge in [0.1, 0.15) is 0 Å². The van der Waals surface area contributed by atoms with Crippen molar-refractivity contribution in [2.45, 2.75) is 34.6 Å². The first kappa shape index (κ1) is 53.0. The van der Waals surface area contributed by atoms with Crippen molar-refractivity contribution >= 4 is 81.7 Å². The Morgan fingerprint density at radius 1 is 0.247 bits per heavy atom. The lowest BCUT2D eigenvalue weighted by molar-refractivity contribution is 1.20. The van der Waals surface area contributed by atoms with Crippen molar-refractivity contribution in [3.8, 4) is 0 Å². The molecular formula is C79H66N2. The van der Waals surface area contributed by atoms with Gasteiger partial charge in [0, 0.05) is 22.7 Å². The number of hydrogen-bond acceptors (Lipinski definition) is 2. The summed E-state index contributed by atoms with van der Waals surface area (Å²) in [5.41, 5.74) is 27.1. The van der Waals surface area contributed by atoms with Gasteiger partial charge in [0.15, 0.2) is 0 Å². The zero-order valence-electron chi connectivity index (χ0n) is 46.8. The molecule has 0 aliphatic rings. The Hall–Kier alpha value is -10.0. The van der Waals surface area contributed by atoms with Gasteiger partial charge in [0.25, 0.3) is 0 Å². The van der Waals surface area contributed by atoms with Crippen LogP contribution in [-0.4, -0.2) is 0 Å². The van der Waals surface area contributed by atoms with Crippen LogP contribution in [0.4, 0.5) is 34.1 Å². The summed E-state index contributed by atoms with van der Waals surface area (Å²) >= 11 is 0. The van der Waals surface area contributed by atoms with Gasteiger partial charge < -0.3 is 9.80 Å². The lowest BCUT2D eigenvalue weighted by Crippen LogP contribution is -2.13. The van der Waals surface area contributed by atoms with Crippen LogP contribution in [0.15, 0.2) is 273 Å². The van der Waals surface area contributed by atoms with E-state index in [2.05, 4.69) is 354 Å². The van der Waals surface area contributed by atoms with Crippen LogP contribution in [-0.2, 0) is 0 Å². The highest BCUT2D eigenvalue weighted by atomic mass is 15.2. The van der Waals surface area contributed by atoms with E-state index in [9.17, 15) is 0 Å². The standard InChI is InChI=1S/C79H66N2/c1-57-53-60(4)79(61(5)54-57)81(75-51-43-67(44-52-75)56-77(70-25-14-8-15-26-70)71-27-16-9-17-28-71)73-47-39-65(40-48-73)36-34-63-31-29-62(30-32-63)33-35-64-37-45-72(46-38-64)80(78-58(2)19-18-20-59(78)3)74-49-41-66(42-50-74)55-76(68-21-10-6-11-22-68)69-23-12-7-13-24-69/h6-56H,1-5H3/b35-33+,36-34+. The number of benzene rings is 11. The van der Waals surface area contributed by atoms with Crippen molar-refractivity contribution in [2.24, 2.45) is 0 Å². The summed E-state index contributed by atoms with van der Waals surface area (Å²) in [4.78, 5) is 4.78. The molecular weight excluding hydrogens is 977 g/mol. The molecule has 11 aromatic rings. The molecule has 0 unspecified atom stereocenters. The number of hydrogen-bond donors (Lipinski definition) is 0. The molecule has 0 aliphatic heterocycles. The van der Waals surface area contributed by atoms with Crippen LogP contribution < -0.4 is 9.80 Å². The van der Waals surface area contributed by atoms with E-state index in [-0.39, 0.29) is 0 Å². The number of nitrogens with zero attached hydrogens (tertiary/aromatic N) is 2. The summed E-state index contributed by atoms with van der Waals surface area (Å²) in [6.07, 6.45) is 13.4. The predicted octanol–water partition coefficient (Wildman–Crippen LogP) is 21.7. The van der Waals surface area contributed by atoms with Gasteiger partial charge in [-0.15, -0.1) is 0 Å². The fourth-order valence-electron chi connectivity index (χ4n) is 11.0. The van der Waals surface area contributed by atoms with Crippen LogP contribution in [0, 0.1) is 34.6 Å². The summed E-state index contributed by atoms with van der Waals surface area (Å²) < 4.78 is 0. The third-order valence-corrected chi connectivity index (χ3v) is 15.0. The van der Waals surface area contributed by atoms with Gasteiger partial charge in [-0.3, -0.25) is 0 Å². The highest BCUT2D eigenvalue weighted by Crippen LogP contribution is 2.42. The van der Waals surface area contributed by atoms with Crippen LogP contribution in [0.1, 0.15) is 83.5 Å². The molecule has 11 rings (SSSR count). The van der Waals surface area contributed by atoms with Crippen molar-refractivity contribution in [3.05, 3.63) is 356 Å². The molecule has 0 bridgehead atoms. The van der Waals surface area contributed by atoms with Crippen LogP contribution in [0.2, 0.25) is 0 Å². The fourth-order valence-corrected chi connectivity index (χ4v) is 11.0. The second-order valence-electron chi connectivity index (χ2n) is 20.9. The second kappa shape index (κ2) is 24.8. The monoisotopic (exact) mass is 1040 g/mol. The van der Waals surface area contributed by atoms with Gasteiger partial charge in [0.05, 0.1) is 11.4 Å². The topological polar surface area (TPSA) is 6.48 Å². The van der Waals surface area contributed by atoms with E-state index in [1.165, 1.54) is 72.6 Å². The predicted molar refractivity (Wildman–Crippen MR) is 350 cm³/mol. The normalized spacial score (nSPS) is 11.2. The van der Waals surface area contributed by atoms with Gasteiger partial charge in [-0.05, 0) is 184 Å². The molecule has 2 nitrogen and oxygen atoms in total. The maximum atomic E-state index is 2.40.